The zero-order valence-corrected chi connectivity index (χ0v) is 16.3. The van der Waals surface area contributed by atoms with Crippen LogP contribution in [0.25, 0.3) is 0 Å². The average molecular weight is 390 g/mol. The van der Waals surface area contributed by atoms with Crippen LogP contribution in [-0.2, 0) is 6.42 Å². The largest absolute Gasteiger partial charge is 0.496 e. The Kier molecular flexibility index (Phi) is 6.52. The van der Waals surface area contributed by atoms with Crippen LogP contribution in [0.2, 0.25) is 0 Å². The number of amides is 1. The van der Waals surface area contributed by atoms with Crippen molar-refractivity contribution in [1.82, 2.24) is 15.3 Å². The van der Waals surface area contributed by atoms with E-state index in [-0.39, 0.29) is 23.3 Å². The predicted molar refractivity (Wildman–Crippen MR) is 111 cm³/mol. The maximum absolute atomic E-state index is 12.4. The number of para-hydroxylation sites is 1. The number of carbonyl (C=O) groups is 2. The van der Waals surface area contributed by atoms with Gasteiger partial charge in [0.1, 0.15) is 11.4 Å². The molecule has 0 unspecified atom stereocenters. The summed E-state index contributed by atoms with van der Waals surface area (Å²) >= 11 is 0. The summed E-state index contributed by atoms with van der Waals surface area (Å²) < 4.78 is 5.32. The van der Waals surface area contributed by atoms with Crippen LogP contribution in [0.4, 0.5) is 11.6 Å². The van der Waals surface area contributed by atoms with Crippen molar-refractivity contribution in [2.75, 3.05) is 19.0 Å². The van der Waals surface area contributed by atoms with Gasteiger partial charge >= 0.3 is 0 Å². The molecule has 0 saturated heterocycles. The van der Waals surface area contributed by atoms with Crippen molar-refractivity contribution in [3.8, 4) is 5.75 Å². The summed E-state index contributed by atoms with van der Waals surface area (Å²) in [5.41, 5.74) is 2.53. The number of benzene rings is 2. The molecule has 1 amide bonds. The summed E-state index contributed by atoms with van der Waals surface area (Å²) in [7, 11) is 1.62. The molecule has 7 heteroatoms. The van der Waals surface area contributed by atoms with Gasteiger partial charge in [0.15, 0.2) is 5.78 Å². The maximum atomic E-state index is 12.4. The van der Waals surface area contributed by atoms with Crippen molar-refractivity contribution in [1.29, 1.82) is 0 Å². The molecule has 0 saturated carbocycles. The smallest absolute Gasteiger partial charge is 0.270 e. The van der Waals surface area contributed by atoms with Gasteiger partial charge in [0.2, 0.25) is 5.95 Å². The number of Topliss-reactive ketones (excluding diaryl/α,β-unsaturated/α-hetero) is 1. The quantitative estimate of drug-likeness (QED) is 0.573. The number of anilines is 2. The SMILES string of the molecule is COc1ccccc1CCNC(=O)c1ccnc(Nc2cccc(C(C)=O)c2)n1. The van der Waals surface area contributed by atoms with Crippen molar-refractivity contribution in [2.24, 2.45) is 0 Å². The summed E-state index contributed by atoms with van der Waals surface area (Å²) in [5.74, 6) is 0.756. The first-order chi connectivity index (χ1) is 14.1. The fraction of sp³-hybridized carbons (Fsp3) is 0.182. The number of methoxy groups -OCH3 is 1. The van der Waals surface area contributed by atoms with Crippen LogP contribution >= 0.6 is 0 Å². The van der Waals surface area contributed by atoms with Gasteiger partial charge in [-0.15, -0.1) is 0 Å². The fourth-order valence-electron chi connectivity index (χ4n) is 2.80. The van der Waals surface area contributed by atoms with Gasteiger partial charge in [-0.2, -0.15) is 0 Å². The van der Waals surface area contributed by atoms with Crippen LogP contribution in [0.3, 0.4) is 0 Å². The van der Waals surface area contributed by atoms with E-state index in [1.54, 1.807) is 37.4 Å². The zero-order valence-electron chi connectivity index (χ0n) is 16.3. The zero-order chi connectivity index (χ0) is 20.6. The van der Waals surface area contributed by atoms with E-state index in [2.05, 4.69) is 20.6 Å². The molecule has 2 N–H and O–H groups in total. The molecule has 0 aliphatic rings. The number of hydrogen-bond acceptors (Lipinski definition) is 6. The van der Waals surface area contributed by atoms with Crippen LogP contribution < -0.4 is 15.4 Å². The Morgan fingerprint density at radius 1 is 1.07 bits per heavy atom. The molecule has 0 bridgehead atoms. The number of hydrogen-bond donors (Lipinski definition) is 2. The molecule has 0 spiro atoms. The third-order valence-corrected chi connectivity index (χ3v) is 4.29. The molecule has 0 atom stereocenters. The summed E-state index contributed by atoms with van der Waals surface area (Å²) in [6, 6.07) is 16.3. The Labute approximate surface area is 169 Å². The second kappa shape index (κ2) is 9.45. The Morgan fingerprint density at radius 3 is 2.69 bits per heavy atom. The molecular formula is C22H22N4O3. The van der Waals surface area contributed by atoms with Gasteiger partial charge in [0, 0.05) is 24.0 Å². The van der Waals surface area contributed by atoms with Crippen LogP contribution in [0.5, 0.6) is 5.75 Å². The molecule has 2 aromatic carbocycles. The van der Waals surface area contributed by atoms with E-state index >= 15 is 0 Å². The van der Waals surface area contributed by atoms with E-state index < -0.39 is 0 Å². The van der Waals surface area contributed by atoms with Crippen molar-refractivity contribution >= 4 is 23.3 Å². The number of carbonyl (C=O) groups excluding carboxylic acids is 2. The molecule has 1 heterocycles. The van der Waals surface area contributed by atoms with E-state index in [0.29, 0.717) is 24.2 Å². The van der Waals surface area contributed by atoms with Crippen LogP contribution in [0, 0.1) is 0 Å². The maximum Gasteiger partial charge on any atom is 0.270 e. The molecule has 148 valence electrons. The molecule has 0 fully saturated rings. The number of aromatic nitrogens is 2. The summed E-state index contributed by atoms with van der Waals surface area (Å²) in [4.78, 5) is 32.3. The van der Waals surface area contributed by atoms with Gasteiger partial charge < -0.3 is 15.4 Å². The number of nitrogens with one attached hydrogen (secondary N) is 2. The van der Waals surface area contributed by atoms with Gasteiger partial charge in [0.05, 0.1) is 7.11 Å². The molecule has 0 aliphatic carbocycles. The molecule has 0 radical (unpaired) electrons. The highest BCUT2D eigenvalue weighted by Gasteiger charge is 2.10. The standard InChI is InChI=1S/C22H22N4O3/c1-15(27)17-7-5-8-18(14-17)25-22-24-13-11-19(26-22)21(28)23-12-10-16-6-3-4-9-20(16)29-2/h3-9,11,13-14H,10,12H2,1-2H3,(H,23,28)(H,24,25,26). The van der Waals surface area contributed by atoms with Crippen molar-refractivity contribution in [3.63, 3.8) is 0 Å². The lowest BCUT2D eigenvalue weighted by molar-refractivity contribution is 0.0948. The van der Waals surface area contributed by atoms with Gasteiger partial charge in [-0.3, -0.25) is 9.59 Å². The van der Waals surface area contributed by atoms with Crippen molar-refractivity contribution in [3.05, 3.63) is 77.6 Å². The molecule has 0 aliphatic heterocycles. The summed E-state index contributed by atoms with van der Waals surface area (Å²) in [6.45, 7) is 1.96. The minimum Gasteiger partial charge on any atom is -0.496 e. The first-order valence-corrected chi connectivity index (χ1v) is 9.18. The fourth-order valence-corrected chi connectivity index (χ4v) is 2.80. The molecule has 29 heavy (non-hydrogen) atoms. The minimum absolute atomic E-state index is 0.0299. The highest BCUT2D eigenvalue weighted by atomic mass is 16.5. The highest BCUT2D eigenvalue weighted by molar-refractivity contribution is 5.95. The summed E-state index contributed by atoms with van der Waals surface area (Å²) in [6.07, 6.45) is 2.16. The normalized spacial score (nSPS) is 10.3. The summed E-state index contributed by atoms with van der Waals surface area (Å²) in [5, 5.41) is 5.88. The minimum atomic E-state index is -0.289. The lowest BCUT2D eigenvalue weighted by atomic mass is 10.1. The average Bonchev–Trinajstić information content (AvgIpc) is 2.74. The number of ketones is 1. The van der Waals surface area contributed by atoms with Gasteiger partial charge in [-0.05, 0) is 43.2 Å². The highest BCUT2D eigenvalue weighted by Crippen LogP contribution is 2.17. The topological polar surface area (TPSA) is 93.2 Å². The lowest BCUT2D eigenvalue weighted by Crippen LogP contribution is -2.26. The lowest BCUT2D eigenvalue weighted by Gasteiger charge is -2.10. The van der Waals surface area contributed by atoms with E-state index in [9.17, 15) is 9.59 Å². The second-order valence-corrected chi connectivity index (χ2v) is 6.35. The third kappa shape index (κ3) is 5.38. The van der Waals surface area contributed by atoms with Crippen LogP contribution in [0.15, 0.2) is 60.8 Å². The second-order valence-electron chi connectivity index (χ2n) is 6.35. The van der Waals surface area contributed by atoms with E-state index in [1.165, 1.54) is 13.1 Å². The van der Waals surface area contributed by atoms with Crippen LogP contribution in [-0.4, -0.2) is 35.3 Å². The van der Waals surface area contributed by atoms with E-state index in [4.69, 9.17) is 4.74 Å². The predicted octanol–water partition coefficient (Wildman–Crippen LogP) is 3.40. The molecule has 1 aromatic heterocycles. The number of rotatable bonds is 8. The Morgan fingerprint density at radius 2 is 1.90 bits per heavy atom. The first kappa shape index (κ1) is 20.0. The Hall–Kier alpha value is -3.74. The molecular weight excluding hydrogens is 368 g/mol. The Balaban J connectivity index is 1.62. The van der Waals surface area contributed by atoms with Crippen molar-refractivity contribution < 1.29 is 14.3 Å². The van der Waals surface area contributed by atoms with E-state index in [1.807, 2.05) is 24.3 Å². The monoisotopic (exact) mass is 390 g/mol. The third-order valence-electron chi connectivity index (χ3n) is 4.29. The van der Waals surface area contributed by atoms with Crippen molar-refractivity contribution in [2.45, 2.75) is 13.3 Å². The Bertz CT molecular complexity index is 1020. The van der Waals surface area contributed by atoms with Gasteiger partial charge in [-0.1, -0.05) is 30.3 Å². The molecule has 3 rings (SSSR count). The number of nitrogens with zero attached hydrogens (tertiary/aromatic N) is 2. The van der Waals surface area contributed by atoms with Gasteiger partial charge in [0.25, 0.3) is 5.91 Å². The number of ether oxygens (including phenoxy) is 1. The molecule has 3 aromatic rings. The molecule has 7 nitrogen and oxygen atoms in total. The first-order valence-electron chi connectivity index (χ1n) is 9.18. The van der Waals surface area contributed by atoms with E-state index in [0.717, 1.165) is 11.3 Å². The van der Waals surface area contributed by atoms with Crippen LogP contribution in [0.1, 0.15) is 33.3 Å². The van der Waals surface area contributed by atoms with Gasteiger partial charge in [-0.25, -0.2) is 9.97 Å².